The van der Waals surface area contributed by atoms with Gasteiger partial charge in [0.1, 0.15) is 12.4 Å². The fraction of sp³-hybridized carbons (Fsp3) is 0.217. The lowest BCUT2D eigenvalue weighted by molar-refractivity contribution is 0.306. The molecule has 0 saturated heterocycles. The van der Waals surface area contributed by atoms with E-state index in [0.29, 0.717) is 12.6 Å². The summed E-state index contributed by atoms with van der Waals surface area (Å²) in [6.45, 7) is 3.73. The second-order valence-electron chi connectivity index (χ2n) is 6.39. The van der Waals surface area contributed by atoms with Gasteiger partial charge in [-0.25, -0.2) is 0 Å². The van der Waals surface area contributed by atoms with E-state index >= 15 is 0 Å². The molecule has 25 heavy (non-hydrogen) atoms. The second kappa shape index (κ2) is 9.05. The maximum absolute atomic E-state index is 5.84. The monoisotopic (exact) mass is 331 g/mol. The first-order valence-corrected chi connectivity index (χ1v) is 8.82. The molecule has 0 aliphatic rings. The molecule has 1 unspecified atom stereocenters. The molecule has 3 rings (SSSR count). The largest absolute Gasteiger partial charge is 0.489 e. The van der Waals surface area contributed by atoms with Crippen molar-refractivity contribution in [1.29, 1.82) is 0 Å². The summed E-state index contributed by atoms with van der Waals surface area (Å²) in [7, 11) is 0. The SMILES string of the molecule is CC(Cc1ccc(OCc2ccccc2)cc1)NCc1ccccc1. The highest BCUT2D eigenvalue weighted by Crippen LogP contribution is 2.15. The average Bonchev–Trinajstić information content (AvgIpc) is 2.67. The van der Waals surface area contributed by atoms with Gasteiger partial charge >= 0.3 is 0 Å². The van der Waals surface area contributed by atoms with E-state index in [4.69, 9.17) is 4.74 Å². The van der Waals surface area contributed by atoms with Crippen molar-refractivity contribution in [2.24, 2.45) is 0 Å². The smallest absolute Gasteiger partial charge is 0.119 e. The zero-order valence-electron chi connectivity index (χ0n) is 14.7. The molecule has 2 nitrogen and oxygen atoms in total. The van der Waals surface area contributed by atoms with Gasteiger partial charge in [0.25, 0.3) is 0 Å². The molecule has 0 saturated carbocycles. The van der Waals surface area contributed by atoms with E-state index in [-0.39, 0.29) is 0 Å². The van der Waals surface area contributed by atoms with Crippen molar-refractivity contribution in [3.63, 3.8) is 0 Å². The van der Waals surface area contributed by atoms with E-state index in [9.17, 15) is 0 Å². The van der Waals surface area contributed by atoms with Crippen LogP contribution in [0.15, 0.2) is 84.9 Å². The Morgan fingerprint density at radius 2 is 1.32 bits per heavy atom. The van der Waals surface area contributed by atoms with E-state index in [0.717, 1.165) is 18.7 Å². The lowest BCUT2D eigenvalue weighted by Gasteiger charge is -2.14. The number of nitrogens with one attached hydrogen (secondary N) is 1. The predicted octanol–water partition coefficient (Wildman–Crippen LogP) is 4.99. The maximum atomic E-state index is 5.84. The van der Waals surface area contributed by atoms with Gasteiger partial charge in [-0.2, -0.15) is 0 Å². The molecule has 0 aliphatic carbocycles. The number of rotatable bonds is 8. The molecular formula is C23H25NO. The van der Waals surface area contributed by atoms with E-state index < -0.39 is 0 Å². The summed E-state index contributed by atoms with van der Waals surface area (Å²) in [5.41, 5.74) is 3.82. The highest BCUT2D eigenvalue weighted by atomic mass is 16.5. The average molecular weight is 331 g/mol. The normalized spacial score (nSPS) is 11.9. The van der Waals surface area contributed by atoms with Crippen molar-refractivity contribution in [3.05, 3.63) is 102 Å². The Bertz CT molecular complexity index is 738. The van der Waals surface area contributed by atoms with Crippen LogP contribution >= 0.6 is 0 Å². The van der Waals surface area contributed by atoms with Gasteiger partial charge in [-0.15, -0.1) is 0 Å². The zero-order valence-corrected chi connectivity index (χ0v) is 14.7. The van der Waals surface area contributed by atoms with Crippen LogP contribution in [0.5, 0.6) is 5.75 Å². The van der Waals surface area contributed by atoms with Crippen LogP contribution in [0.2, 0.25) is 0 Å². The molecular weight excluding hydrogens is 306 g/mol. The third kappa shape index (κ3) is 5.77. The van der Waals surface area contributed by atoms with E-state index in [1.807, 2.05) is 24.3 Å². The minimum atomic E-state index is 0.427. The third-order valence-corrected chi connectivity index (χ3v) is 4.21. The van der Waals surface area contributed by atoms with Crippen LogP contribution in [0, 0.1) is 0 Å². The van der Waals surface area contributed by atoms with Gasteiger partial charge in [0.05, 0.1) is 0 Å². The molecule has 0 heterocycles. The van der Waals surface area contributed by atoms with Crippen LogP contribution in [-0.4, -0.2) is 6.04 Å². The molecule has 2 heteroatoms. The van der Waals surface area contributed by atoms with Crippen LogP contribution in [0.3, 0.4) is 0 Å². The molecule has 0 aliphatic heterocycles. The molecule has 0 aromatic heterocycles. The van der Waals surface area contributed by atoms with Crippen LogP contribution < -0.4 is 10.1 Å². The highest BCUT2D eigenvalue weighted by molar-refractivity contribution is 5.28. The summed E-state index contributed by atoms with van der Waals surface area (Å²) in [5, 5.41) is 3.58. The van der Waals surface area contributed by atoms with Gasteiger partial charge < -0.3 is 10.1 Å². The topological polar surface area (TPSA) is 21.3 Å². The third-order valence-electron chi connectivity index (χ3n) is 4.21. The summed E-state index contributed by atoms with van der Waals surface area (Å²) < 4.78 is 5.84. The van der Waals surface area contributed by atoms with Crippen molar-refractivity contribution in [2.75, 3.05) is 0 Å². The van der Waals surface area contributed by atoms with Crippen molar-refractivity contribution >= 4 is 0 Å². The van der Waals surface area contributed by atoms with Crippen LogP contribution in [0.25, 0.3) is 0 Å². The summed E-state index contributed by atoms with van der Waals surface area (Å²) in [6, 6.07) is 29.6. The molecule has 128 valence electrons. The molecule has 0 radical (unpaired) electrons. The molecule has 0 fully saturated rings. The van der Waals surface area contributed by atoms with Crippen LogP contribution in [0.1, 0.15) is 23.6 Å². The summed E-state index contributed by atoms with van der Waals surface area (Å²) in [4.78, 5) is 0. The fourth-order valence-electron chi connectivity index (χ4n) is 2.78. The lowest BCUT2D eigenvalue weighted by atomic mass is 10.1. The Balaban J connectivity index is 1.45. The number of hydrogen-bond donors (Lipinski definition) is 1. The Hall–Kier alpha value is -2.58. The predicted molar refractivity (Wildman–Crippen MR) is 104 cm³/mol. The molecule has 0 spiro atoms. The minimum Gasteiger partial charge on any atom is -0.489 e. The molecule has 1 N–H and O–H groups in total. The van der Waals surface area contributed by atoms with E-state index in [1.165, 1.54) is 16.7 Å². The van der Waals surface area contributed by atoms with Crippen molar-refractivity contribution in [1.82, 2.24) is 5.32 Å². The molecule has 3 aromatic carbocycles. The summed E-state index contributed by atoms with van der Waals surface area (Å²) in [5.74, 6) is 0.914. The number of hydrogen-bond acceptors (Lipinski definition) is 2. The van der Waals surface area contributed by atoms with E-state index in [2.05, 4.69) is 72.9 Å². The van der Waals surface area contributed by atoms with Crippen LogP contribution in [0.4, 0.5) is 0 Å². The van der Waals surface area contributed by atoms with Gasteiger partial charge in [-0.3, -0.25) is 0 Å². The Kier molecular flexibility index (Phi) is 6.24. The highest BCUT2D eigenvalue weighted by Gasteiger charge is 2.04. The standard InChI is InChI=1S/C23H25NO/c1-19(24-17-21-8-4-2-5-9-21)16-20-12-14-23(15-13-20)25-18-22-10-6-3-7-11-22/h2-15,19,24H,16-18H2,1H3. The van der Waals surface area contributed by atoms with E-state index in [1.54, 1.807) is 0 Å². The fourth-order valence-corrected chi connectivity index (χ4v) is 2.78. The Labute approximate surface area is 150 Å². The Morgan fingerprint density at radius 1 is 0.720 bits per heavy atom. The number of benzene rings is 3. The first-order valence-electron chi connectivity index (χ1n) is 8.82. The van der Waals surface area contributed by atoms with Gasteiger partial charge in [0.2, 0.25) is 0 Å². The first kappa shape index (κ1) is 17.2. The van der Waals surface area contributed by atoms with Crippen molar-refractivity contribution in [3.8, 4) is 5.75 Å². The first-order chi connectivity index (χ1) is 12.3. The summed E-state index contributed by atoms with van der Waals surface area (Å²) >= 11 is 0. The zero-order chi connectivity index (χ0) is 17.3. The summed E-state index contributed by atoms with van der Waals surface area (Å²) in [6.07, 6.45) is 1.01. The molecule has 0 bridgehead atoms. The Morgan fingerprint density at radius 3 is 1.96 bits per heavy atom. The van der Waals surface area contributed by atoms with Crippen molar-refractivity contribution < 1.29 is 4.74 Å². The molecule has 1 atom stereocenters. The van der Waals surface area contributed by atoms with Crippen LogP contribution in [-0.2, 0) is 19.6 Å². The molecule has 3 aromatic rings. The lowest BCUT2D eigenvalue weighted by Crippen LogP contribution is -2.27. The van der Waals surface area contributed by atoms with Gasteiger partial charge in [-0.05, 0) is 42.2 Å². The number of ether oxygens (including phenoxy) is 1. The molecule has 0 amide bonds. The van der Waals surface area contributed by atoms with Crippen molar-refractivity contribution in [2.45, 2.75) is 32.5 Å². The van der Waals surface area contributed by atoms with Gasteiger partial charge in [0.15, 0.2) is 0 Å². The quantitative estimate of drug-likeness (QED) is 0.628. The van der Waals surface area contributed by atoms with Gasteiger partial charge in [0, 0.05) is 12.6 Å². The maximum Gasteiger partial charge on any atom is 0.119 e. The minimum absolute atomic E-state index is 0.427. The van der Waals surface area contributed by atoms with Gasteiger partial charge in [-0.1, -0.05) is 72.8 Å². The second-order valence-corrected chi connectivity index (χ2v) is 6.39.